The molecule has 0 spiro atoms. The second-order valence-corrected chi connectivity index (χ2v) is 6.81. The molecule has 0 radical (unpaired) electrons. The first-order valence-corrected chi connectivity index (χ1v) is 9.25. The molecule has 2 aromatic rings. The molecule has 5 heteroatoms. The van der Waals surface area contributed by atoms with Gasteiger partial charge in [0.15, 0.2) is 5.11 Å². The Morgan fingerprint density at radius 1 is 1.09 bits per heavy atom. The molecule has 122 valence electrons. The third kappa shape index (κ3) is 5.66. The van der Waals surface area contributed by atoms with Crippen LogP contribution in [0.4, 0.5) is 11.4 Å². The predicted octanol–water partition coefficient (Wildman–Crippen LogP) is 4.62. The summed E-state index contributed by atoms with van der Waals surface area (Å²) >= 11 is 7.68. The lowest BCUT2D eigenvalue weighted by atomic mass is 10.2. The third-order valence-corrected chi connectivity index (χ3v) is 4.51. The molecule has 2 aromatic carbocycles. The molecule has 3 nitrogen and oxygen atoms in total. The second-order valence-electron chi connectivity index (χ2n) is 5.16. The van der Waals surface area contributed by atoms with Crippen molar-refractivity contribution in [3.05, 3.63) is 57.7 Å². The minimum Gasteiger partial charge on any atom is -0.372 e. The summed E-state index contributed by atoms with van der Waals surface area (Å²) in [6.45, 7) is 7.08. The summed E-state index contributed by atoms with van der Waals surface area (Å²) in [4.78, 5) is 2.32. The van der Waals surface area contributed by atoms with Gasteiger partial charge >= 0.3 is 0 Å². The van der Waals surface area contributed by atoms with Gasteiger partial charge in [0.2, 0.25) is 0 Å². The quantitative estimate of drug-likeness (QED) is 0.507. The molecule has 0 aromatic heterocycles. The molecule has 0 heterocycles. The van der Waals surface area contributed by atoms with Crippen molar-refractivity contribution in [2.75, 3.05) is 23.3 Å². The average molecular weight is 439 g/mol. The molecule has 0 saturated heterocycles. The summed E-state index contributed by atoms with van der Waals surface area (Å²) in [6, 6.07) is 16.8. The normalized spacial score (nSPS) is 10.2. The predicted molar refractivity (Wildman–Crippen MR) is 112 cm³/mol. The van der Waals surface area contributed by atoms with E-state index in [4.69, 9.17) is 12.2 Å². The highest BCUT2D eigenvalue weighted by Crippen LogP contribution is 2.17. The SMILES string of the molecule is CCN(CC)c1ccc(NC(=S)NCc2cccc(I)c2)cc1. The van der Waals surface area contributed by atoms with Crippen LogP contribution in [0.5, 0.6) is 0 Å². The van der Waals surface area contributed by atoms with Crippen LogP contribution in [-0.4, -0.2) is 18.2 Å². The van der Waals surface area contributed by atoms with Crippen molar-refractivity contribution in [2.45, 2.75) is 20.4 Å². The first-order chi connectivity index (χ1) is 11.1. The number of benzene rings is 2. The monoisotopic (exact) mass is 439 g/mol. The van der Waals surface area contributed by atoms with Gasteiger partial charge in [0.25, 0.3) is 0 Å². The van der Waals surface area contributed by atoms with Gasteiger partial charge in [-0.3, -0.25) is 0 Å². The molecule has 0 aliphatic rings. The lowest BCUT2D eigenvalue weighted by Crippen LogP contribution is -2.28. The summed E-state index contributed by atoms with van der Waals surface area (Å²) in [5, 5.41) is 7.11. The van der Waals surface area contributed by atoms with Crippen molar-refractivity contribution in [1.82, 2.24) is 5.32 Å². The topological polar surface area (TPSA) is 27.3 Å². The number of hydrogen-bond donors (Lipinski definition) is 2. The van der Waals surface area contributed by atoms with Crippen molar-refractivity contribution >= 4 is 51.3 Å². The van der Waals surface area contributed by atoms with Crippen LogP contribution < -0.4 is 15.5 Å². The Hall–Kier alpha value is -1.34. The van der Waals surface area contributed by atoms with Crippen LogP contribution in [0.15, 0.2) is 48.5 Å². The van der Waals surface area contributed by atoms with Gasteiger partial charge in [-0.05, 0) is 90.6 Å². The lowest BCUT2D eigenvalue weighted by Gasteiger charge is -2.21. The summed E-state index contributed by atoms with van der Waals surface area (Å²) < 4.78 is 1.23. The Morgan fingerprint density at radius 2 is 1.78 bits per heavy atom. The number of nitrogens with zero attached hydrogens (tertiary/aromatic N) is 1. The molecule has 0 atom stereocenters. The van der Waals surface area contributed by atoms with Gasteiger partial charge in [0.1, 0.15) is 0 Å². The Kier molecular flexibility index (Phi) is 7.11. The molecule has 2 rings (SSSR count). The highest BCUT2D eigenvalue weighted by atomic mass is 127. The number of halogens is 1. The van der Waals surface area contributed by atoms with Crippen molar-refractivity contribution in [3.8, 4) is 0 Å². The van der Waals surface area contributed by atoms with E-state index in [-0.39, 0.29) is 0 Å². The molecule has 0 amide bonds. The maximum absolute atomic E-state index is 5.36. The van der Waals surface area contributed by atoms with Crippen LogP contribution in [0.3, 0.4) is 0 Å². The number of hydrogen-bond acceptors (Lipinski definition) is 2. The molecular formula is C18H22IN3S. The van der Waals surface area contributed by atoms with Gasteiger partial charge in [-0.25, -0.2) is 0 Å². The first kappa shape index (κ1) is 18.0. The van der Waals surface area contributed by atoms with E-state index in [1.54, 1.807) is 0 Å². The zero-order valence-corrected chi connectivity index (χ0v) is 16.4. The first-order valence-electron chi connectivity index (χ1n) is 7.76. The Morgan fingerprint density at radius 3 is 2.39 bits per heavy atom. The third-order valence-electron chi connectivity index (χ3n) is 3.60. The van der Waals surface area contributed by atoms with Crippen LogP contribution >= 0.6 is 34.8 Å². The number of thiocarbonyl (C=S) groups is 1. The largest absolute Gasteiger partial charge is 0.372 e. The molecule has 0 unspecified atom stereocenters. The van der Waals surface area contributed by atoms with Crippen LogP contribution in [-0.2, 0) is 6.54 Å². The van der Waals surface area contributed by atoms with Crippen LogP contribution in [0.2, 0.25) is 0 Å². The molecule has 0 aliphatic carbocycles. The van der Waals surface area contributed by atoms with E-state index in [1.165, 1.54) is 14.8 Å². The van der Waals surface area contributed by atoms with Crippen molar-refractivity contribution in [3.63, 3.8) is 0 Å². The minimum absolute atomic E-state index is 0.638. The molecule has 23 heavy (non-hydrogen) atoms. The fourth-order valence-corrected chi connectivity index (χ4v) is 3.15. The van der Waals surface area contributed by atoms with Crippen molar-refractivity contribution in [2.24, 2.45) is 0 Å². The highest BCUT2D eigenvalue weighted by Gasteiger charge is 2.02. The van der Waals surface area contributed by atoms with Gasteiger partial charge in [-0.2, -0.15) is 0 Å². The Balaban J connectivity index is 1.87. The van der Waals surface area contributed by atoms with Crippen LogP contribution in [0, 0.1) is 3.57 Å². The Bertz CT molecular complexity index is 639. The van der Waals surface area contributed by atoms with Gasteiger partial charge < -0.3 is 15.5 Å². The van der Waals surface area contributed by atoms with Gasteiger partial charge in [-0.15, -0.1) is 0 Å². The maximum Gasteiger partial charge on any atom is 0.171 e. The molecular weight excluding hydrogens is 417 g/mol. The Labute approximate surface area is 157 Å². The van der Waals surface area contributed by atoms with E-state index in [0.717, 1.165) is 25.3 Å². The van der Waals surface area contributed by atoms with E-state index in [1.807, 2.05) is 0 Å². The molecule has 0 aliphatic heterocycles. The molecule has 0 bridgehead atoms. The fourth-order valence-electron chi connectivity index (χ4n) is 2.35. The van der Waals surface area contributed by atoms with Crippen molar-refractivity contribution in [1.29, 1.82) is 0 Å². The van der Waals surface area contributed by atoms with Gasteiger partial charge in [-0.1, -0.05) is 12.1 Å². The van der Waals surface area contributed by atoms with E-state index in [0.29, 0.717) is 5.11 Å². The number of nitrogens with one attached hydrogen (secondary N) is 2. The fraction of sp³-hybridized carbons (Fsp3) is 0.278. The summed E-state index contributed by atoms with van der Waals surface area (Å²) in [5.41, 5.74) is 3.46. The van der Waals surface area contributed by atoms with E-state index in [2.05, 4.69) is 101 Å². The summed E-state index contributed by atoms with van der Waals surface area (Å²) in [6.07, 6.45) is 0. The maximum atomic E-state index is 5.36. The zero-order chi connectivity index (χ0) is 16.7. The number of anilines is 2. The lowest BCUT2D eigenvalue weighted by molar-refractivity contribution is 0.866. The van der Waals surface area contributed by atoms with E-state index in [9.17, 15) is 0 Å². The summed E-state index contributed by atoms with van der Waals surface area (Å²) in [7, 11) is 0. The standard InChI is InChI=1S/C18H22IN3S/c1-3-22(4-2)17-10-8-16(9-11-17)21-18(23)20-13-14-6-5-7-15(19)12-14/h5-12H,3-4,13H2,1-2H3,(H2,20,21,23). The molecule has 2 N–H and O–H groups in total. The second kappa shape index (κ2) is 9.08. The highest BCUT2D eigenvalue weighted by molar-refractivity contribution is 14.1. The van der Waals surface area contributed by atoms with Crippen molar-refractivity contribution < 1.29 is 0 Å². The molecule has 0 saturated carbocycles. The van der Waals surface area contributed by atoms with Gasteiger partial charge in [0.05, 0.1) is 0 Å². The van der Waals surface area contributed by atoms with Crippen LogP contribution in [0.25, 0.3) is 0 Å². The van der Waals surface area contributed by atoms with E-state index < -0.39 is 0 Å². The minimum atomic E-state index is 0.638. The van der Waals surface area contributed by atoms with Crippen LogP contribution in [0.1, 0.15) is 19.4 Å². The van der Waals surface area contributed by atoms with Gasteiger partial charge in [0, 0.05) is 34.6 Å². The zero-order valence-electron chi connectivity index (χ0n) is 13.5. The average Bonchev–Trinajstić information content (AvgIpc) is 2.56. The van der Waals surface area contributed by atoms with E-state index >= 15 is 0 Å². The summed E-state index contributed by atoms with van der Waals surface area (Å²) in [5.74, 6) is 0. The number of rotatable bonds is 6. The smallest absolute Gasteiger partial charge is 0.171 e. The molecule has 0 fully saturated rings.